The van der Waals surface area contributed by atoms with E-state index in [1.807, 2.05) is 0 Å². The molecule has 5 heteroatoms. The molecule has 0 aliphatic carbocycles. The zero-order chi connectivity index (χ0) is 12.4. The number of pyridine rings is 1. The highest BCUT2D eigenvalue weighted by atomic mass is 19.1. The first-order valence-electron chi connectivity index (χ1n) is 4.82. The summed E-state index contributed by atoms with van der Waals surface area (Å²) in [5.74, 6) is -1.61. The second-order valence-corrected chi connectivity index (χ2v) is 3.47. The lowest BCUT2D eigenvalue weighted by molar-refractivity contribution is 0.0697. The highest BCUT2D eigenvalue weighted by molar-refractivity contribution is 5.94. The molecule has 0 aliphatic rings. The van der Waals surface area contributed by atoms with Gasteiger partial charge in [-0.25, -0.2) is 14.2 Å². The summed E-state index contributed by atoms with van der Waals surface area (Å²) in [7, 11) is 0. The van der Waals surface area contributed by atoms with Crippen LogP contribution in [0, 0.1) is 5.82 Å². The van der Waals surface area contributed by atoms with Crippen molar-refractivity contribution in [3.8, 4) is 11.1 Å². The van der Waals surface area contributed by atoms with Gasteiger partial charge in [-0.15, -0.1) is 0 Å². The fraction of sp³-hybridized carbons (Fsp3) is 0. The Morgan fingerprint density at radius 2 is 2.06 bits per heavy atom. The SMILES string of the molecule is Nc1ncc(-c2cccc(F)c2)cc1C(=O)O. The number of aromatic nitrogens is 1. The van der Waals surface area contributed by atoms with Gasteiger partial charge in [0.25, 0.3) is 0 Å². The number of rotatable bonds is 2. The number of hydrogen-bond donors (Lipinski definition) is 2. The van der Waals surface area contributed by atoms with Crippen molar-refractivity contribution < 1.29 is 14.3 Å². The van der Waals surface area contributed by atoms with Crippen molar-refractivity contribution >= 4 is 11.8 Å². The van der Waals surface area contributed by atoms with Gasteiger partial charge in [0.2, 0.25) is 0 Å². The molecular weight excluding hydrogens is 223 g/mol. The molecule has 0 amide bonds. The summed E-state index contributed by atoms with van der Waals surface area (Å²) in [4.78, 5) is 14.7. The maximum absolute atomic E-state index is 13.0. The second-order valence-electron chi connectivity index (χ2n) is 3.47. The highest BCUT2D eigenvalue weighted by Crippen LogP contribution is 2.22. The zero-order valence-electron chi connectivity index (χ0n) is 8.72. The minimum Gasteiger partial charge on any atom is -0.478 e. The summed E-state index contributed by atoms with van der Waals surface area (Å²) >= 11 is 0. The first-order valence-corrected chi connectivity index (χ1v) is 4.82. The summed E-state index contributed by atoms with van der Waals surface area (Å²) in [6.07, 6.45) is 1.41. The van der Waals surface area contributed by atoms with Gasteiger partial charge in [-0.05, 0) is 23.8 Å². The van der Waals surface area contributed by atoms with Crippen LogP contribution in [0.15, 0.2) is 36.5 Å². The number of carboxylic acid groups (broad SMARTS) is 1. The van der Waals surface area contributed by atoms with E-state index in [0.29, 0.717) is 11.1 Å². The third-order valence-corrected chi connectivity index (χ3v) is 2.31. The summed E-state index contributed by atoms with van der Waals surface area (Å²) in [6, 6.07) is 7.20. The van der Waals surface area contributed by atoms with E-state index in [2.05, 4.69) is 4.98 Å². The normalized spacial score (nSPS) is 10.2. The molecule has 86 valence electrons. The van der Waals surface area contributed by atoms with Crippen molar-refractivity contribution in [2.45, 2.75) is 0 Å². The van der Waals surface area contributed by atoms with E-state index in [0.717, 1.165) is 0 Å². The van der Waals surface area contributed by atoms with Gasteiger partial charge in [-0.2, -0.15) is 0 Å². The predicted molar refractivity (Wildman–Crippen MR) is 61.0 cm³/mol. The number of hydrogen-bond acceptors (Lipinski definition) is 3. The molecule has 2 rings (SSSR count). The van der Waals surface area contributed by atoms with E-state index in [1.165, 1.54) is 24.4 Å². The molecule has 0 bridgehead atoms. The summed E-state index contributed by atoms with van der Waals surface area (Å²) < 4.78 is 13.0. The Morgan fingerprint density at radius 3 is 2.71 bits per heavy atom. The molecule has 0 spiro atoms. The Hall–Kier alpha value is -2.43. The smallest absolute Gasteiger partial charge is 0.339 e. The Kier molecular flexibility index (Phi) is 2.74. The monoisotopic (exact) mass is 232 g/mol. The lowest BCUT2D eigenvalue weighted by Crippen LogP contribution is -2.04. The first-order chi connectivity index (χ1) is 8.08. The zero-order valence-corrected chi connectivity index (χ0v) is 8.72. The molecule has 1 aromatic carbocycles. The topological polar surface area (TPSA) is 76.2 Å². The van der Waals surface area contributed by atoms with Crippen LogP contribution in [0.2, 0.25) is 0 Å². The molecule has 17 heavy (non-hydrogen) atoms. The average molecular weight is 232 g/mol. The van der Waals surface area contributed by atoms with Crippen LogP contribution in [0.25, 0.3) is 11.1 Å². The van der Waals surface area contributed by atoms with Gasteiger partial charge in [0, 0.05) is 11.8 Å². The minimum absolute atomic E-state index is 0.0577. The number of benzene rings is 1. The van der Waals surface area contributed by atoms with E-state index in [-0.39, 0.29) is 11.4 Å². The third-order valence-electron chi connectivity index (χ3n) is 2.31. The summed E-state index contributed by atoms with van der Waals surface area (Å²) in [6.45, 7) is 0. The average Bonchev–Trinajstić information content (AvgIpc) is 2.29. The van der Waals surface area contributed by atoms with Gasteiger partial charge in [-0.1, -0.05) is 12.1 Å². The van der Waals surface area contributed by atoms with Crippen LogP contribution in [-0.2, 0) is 0 Å². The molecule has 2 aromatic rings. The largest absolute Gasteiger partial charge is 0.478 e. The molecule has 1 heterocycles. The van der Waals surface area contributed by atoms with E-state index >= 15 is 0 Å². The Bertz CT molecular complexity index is 584. The van der Waals surface area contributed by atoms with Crippen molar-refractivity contribution in [2.75, 3.05) is 5.73 Å². The molecule has 0 saturated heterocycles. The molecule has 0 atom stereocenters. The molecule has 3 N–H and O–H groups in total. The molecular formula is C12H9FN2O2. The van der Waals surface area contributed by atoms with Crippen LogP contribution in [0.4, 0.5) is 10.2 Å². The quantitative estimate of drug-likeness (QED) is 0.831. The molecule has 0 aliphatic heterocycles. The van der Waals surface area contributed by atoms with Crippen molar-refractivity contribution in [2.24, 2.45) is 0 Å². The number of carboxylic acids is 1. The molecule has 4 nitrogen and oxygen atoms in total. The first kappa shape index (κ1) is 11.1. The number of anilines is 1. The second kappa shape index (κ2) is 4.21. The van der Waals surface area contributed by atoms with Gasteiger partial charge in [0.1, 0.15) is 17.2 Å². The number of halogens is 1. The van der Waals surface area contributed by atoms with Crippen molar-refractivity contribution in [1.82, 2.24) is 4.98 Å². The van der Waals surface area contributed by atoms with Crippen molar-refractivity contribution in [3.63, 3.8) is 0 Å². The minimum atomic E-state index is -1.16. The maximum atomic E-state index is 13.0. The fourth-order valence-electron chi connectivity index (χ4n) is 1.47. The fourth-order valence-corrected chi connectivity index (χ4v) is 1.47. The van der Waals surface area contributed by atoms with E-state index in [9.17, 15) is 9.18 Å². The van der Waals surface area contributed by atoms with Gasteiger partial charge in [-0.3, -0.25) is 0 Å². The number of carbonyl (C=O) groups is 1. The molecule has 0 saturated carbocycles. The van der Waals surface area contributed by atoms with Crippen molar-refractivity contribution in [1.29, 1.82) is 0 Å². The van der Waals surface area contributed by atoms with Crippen molar-refractivity contribution in [3.05, 3.63) is 47.9 Å². The van der Waals surface area contributed by atoms with Crippen LogP contribution >= 0.6 is 0 Å². The molecule has 0 unspecified atom stereocenters. The summed E-state index contributed by atoms with van der Waals surface area (Å²) in [5, 5.41) is 8.90. The highest BCUT2D eigenvalue weighted by Gasteiger charge is 2.11. The van der Waals surface area contributed by atoms with Crippen LogP contribution < -0.4 is 5.73 Å². The van der Waals surface area contributed by atoms with Gasteiger partial charge in [0.15, 0.2) is 0 Å². The molecule has 0 fully saturated rings. The van der Waals surface area contributed by atoms with E-state index in [4.69, 9.17) is 10.8 Å². The van der Waals surface area contributed by atoms with Gasteiger partial charge < -0.3 is 10.8 Å². The Labute approximate surface area is 96.5 Å². The molecule has 1 aromatic heterocycles. The predicted octanol–water partition coefficient (Wildman–Crippen LogP) is 2.17. The van der Waals surface area contributed by atoms with Crippen LogP contribution in [0.5, 0.6) is 0 Å². The van der Waals surface area contributed by atoms with E-state index < -0.39 is 11.8 Å². The molecule has 0 radical (unpaired) electrons. The lowest BCUT2D eigenvalue weighted by atomic mass is 10.1. The van der Waals surface area contributed by atoms with Crippen LogP contribution in [0.1, 0.15) is 10.4 Å². The number of nitrogens with two attached hydrogens (primary N) is 1. The number of aromatic carboxylic acids is 1. The standard InChI is InChI=1S/C12H9FN2O2/c13-9-3-1-2-7(4-9)8-5-10(12(16)17)11(14)15-6-8/h1-6H,(H2,14,15)(H,16,17). The van der Waals surface area contributed by atoms with E-state index in [1.54, 1.807) is 12.1 Å². The van der Waals surface area contributed by atoms with Crippen LogP contribution in [-0.4, -0.2) is 16.1 Å². The van der Waals surface area contributed by atoms with Gasteiger partial charge >= 0.3 is 5.97 Å². The number of nitrogens with zero attached hydrogens (tertiary/aromatic N) is 1. The number of nitrogen functional groups attached to an aromatic ring is 1. The van der Waals surface area contributed by atoms with Crippen LogP contribution in [0.3, 0.4) is 0 Å². The summed E-state index contributed by atoms with van der Waals surface area (Å²) in [5.41, 5.74) is 6.41. The maximum Gasteiger partial charge on any atom is 0.339 e. The lowest BCUT2D eigenvalue weighted by Gasteiger charge is -2.04. The Balaban J connectivity index is 2.54. The van der Waals surface area contributed by atoms with Gasteiger partial charge in [0.05, 0.1) is 0 Å². The third kappa shape index (κ3) is 2.23. The Morgan fingerprint density at radius 1 is 1.29 bits per heavy atom.